The molecular formula is C14H18F3N3O. The van der Waals surface area contributed by atoms with E-state index in [0.29, 0.717) is 12.1 Å². The number of carbonyl (C=O) groups is 1. The second-order valence-electron chi connectivity index (χ2n) is 5.31. The first-order chi connectivity index (χ1) is 9.84. The number of amides is 2. The molecule has 21 heavy (non-hydrogen) atoms. The van der Waals surface area contributed by atoms with Crippen LogP contribution < -0.4 is 16.4 Å². The molecule has 0 aromatic heterocycles. The fraction of sp³-hybridized carbons (Fsp3) is 0.500. The third kappa shape index (κ3) is 4.54. The Bertz CT molecular complexity index is 487. The lowest BCUT2D eigenvalue weighted by Crippen LogP contribution is -2.34. The minimum absolute atomic E-state index is 0.102. The highest BCUT2D eigenvalue weighted by molar-refractivity contribution is 5.87. The van der Waals surface area contributed by atoms with E-state index in [-0.39, 0.29) is 18.9 Å². The molecule has 7 heteroatoms. The van der Waals surface area contributed by atoms with Gasteiger partial charge in [0.2, 0.25) is 0 Å². The highest BCUT2D eigenvalue weighted by atomic mass is 19.4. The predicted molar refractivity (Wildman–Crippen MR) is 75.1 cm³/mol. The molecule has 1 saturated carbocycles. The molecule has 0 bridgehead atoms. The third-order valence-electron chi connectivity index (χ3n) is 3.66. The lowest BCUT2D eigenvalue weighted by atomic mass is 9.85. The van der Waals surface area contributed by atoms with E-state index < -0.39 is 18.1 Å². The van der Waals surface area contributed by atoms with Gasteiger partial charge in [-0.3, -0.25) is 0 Å². The molecule has 4 N–H and O–H groups in total. The summed E-state index contributed by atoms with van der Waals surface area (Å²) in [5.41, 5.74) is 6.28. The van der Waals surface area contributed by atoms with E-state index in [9.17, 15) is 18.0 Å². The lowest BCUT2D eigenvalue weighted by molar-refractivity contribution is -0.182. The Morgan fingerprint density at radius 2 is 1.76 bits per heavy atom. The van der Waals surface area contributed by atoms with Gasteiger partial charge in [0.15, 0.2) is 0 Å². The third-order valence-corrected chi connectivity index (χ3v) is 3.66. The summed E-state index contributed by atoms with van der Waals surface area (Å²) >= 11 is 0. The summed E-state index contributed by atoms with van der Waals surface area (Å²) in [7, 11) is 0. The van der Waals surface area contributed by atoms with Gasteiger partial charge in [-0.1, -0.05) is 6.42 Å². The van der Waals surface area contributed by atoms with E-state index in [1.54, 1.807) is 24.3 Å². The van der Waals surface area contributed by atoms with E-state index >= 15 is 0 Å². The second kappa shape index (κ2) is 6.24. The number of carbonyl (C=O) groups excluding carboxylic acids is 1. The molecule has 4 nitrogen and oxygen atoms in total. The number of primary amides is 1. The van der Waals surface area contributed by atoms with Gasteiger partial charge in [-0.2, -0.15) is 13.2 Å². The van der Waals surface area contributed by atoms with Crippen molar-refractivity contribution in [1.29, 1.82) is 0 Å². The molecule has 1 aliphatic carbocycles. The largest absolute Gasteiger partial charge is 0.391 e. The number of hydrogen-bond donors (Lipinski definition) is 3. The van der Waals surface area contributed by atoms with Gasteiger partial charge in [0.1, 0.15) is 0 Å². The molecule has 2 unspecified atom stereocenters. The van der Waals surface area contributed by atoms with Crippen molar-refractivity contribution in [3.8, 4) is 0 Å². The number of urea groups is 1. The average molecular weight is 301 g/mol. The van der Waals surface area contributed by atoms with Crippen LogP contribution in [0.25, 0.3) is 0 Å². The van der Waals surface area contributed by atoms with Crippen molar-refractivity contribution in [2.45, 2.75) is 37.9 Å². The molecule has 2 amide bonds. The smallest absolute Gasteiger partial charge is 0.382 e. The zero-order chi connectivity index (χ0) is 15.5. The quantitative estimate of drug-likeness (QED) is 0.796. The van der Waals surface area contributed by atoms with Crippen molar-refractivity contribution in [1.82, 2.24) is 0 Å². The Kier molecular flexibility index (Phi) is 4.59. The van der Waals surface area contributed by atoms with Crippen molar-refractivity contribution in [3.05, 3.63) is 24.3 Å². The molecule has 0 saturated heterocycles. The molecule has 1 fully saturated rings. The van der Waals surface area contributed by atoms with Crippen molar-refractivity contribution < 1.29 is 18.0 Å². The van der Waals surface area contributed by atoms with Gasteiger partial charge in [0, 0.05) is 17.4 Å². The Morgan fingerprint density at radius 1 is 1.14 bits per heavy atom. The minimum atomic E-state index is -4.12. The molecule has 2 rings (SSSR count). The van der Waals surface area contributed by atoms with Gasteiger partial charge in [-0.05, 0) is 43.5 Å². The van der Waals surface area contributed by atoms with Gasteiger partial charge in [-0.25, -0.2) is 4.79 Å². The first-order valence-electron chi connectivity index (χ1n) is 6.84. The molecular weight excluding hydrogens is 283 g/mol. The molecule has 0 spiro atoms. The summed E-state index contributed by atoms with van der Waals surface area (Å²) in [6, 6.07) is 5.88. The maximum absolute atomic E-state index is 12.7. The Labute approximate surface area is 120 Å². The predicted octanol–water partition coefficient (Wildman–Crippen LogP) is 3.71. The summed E-state index contributed by atoms with van der Waals surface area (Å²) in [4.78, 5) is 10.7. The summed E-state index contributed by atoms with van der Waals surface area (Å²) in [6.07, 6.45) is -2.50. The van der Waals surface area contributed by atoms with Crippen LogP contribution in [0.4, 0.5) is 29.3 Å². The van der Waals surface area contributed by atoms with Crippen LogP contribution in [0.1, 0.15) is 25.7 Å². The second-order valence-corrected chi connectivity index (χ2v) is 5.31. The molecule has 1 aromatic carbocycles. The summed E-state index contributed by atoms with van der Waals surface area (Å²) in [5, 5.41) is 5.54. The van der Waals surface area contributed by atoms with Crippen LogP contribution in [0.15, 0.2) is 24.3 Å². The number of nitrogens with one attached hydrogen (secondary N) is 2. The highest BCUT2D eigenvalue weighted by Crippen LogP contribution is 2.38. The summed E-state index contributed by atoms with van der Waals surface area (Å²) in [5.74, 6) is -1.22. The molecule has 116 valence electrons. The van der Waals surface area contributed by atoms with E-state index in [1.807, 2.05) is 0 Å². The van der Waals surface area contributed by atoms with E-state index in [2.05, 4.69) is 10.6 Å². The molecule has 0 aliphatic heterocycles. The van der Waals surface area contributed by atoms with Crippen molar-refractivity contribution in [3.63, 3.8) is 0 Å². The number of hydrogen-bond acceptors (Lipinski definition) is 2. The van der Waals surface area contributed by atoms with Crippen LogP contribution in [0.5, 0.6) is 0 Å². The van der Waals surface area contributed by atoms with Crippen molar-refractivity contribution in [2.75, 3.05) is 10.6 Å². The van der Waals surface area contributed by atoms with E-state index in [1.165, 1.54) is 0 Å². The lowest BCUT2D eigenvalue weighted by Gasteiger charge is -2.31. The van der Waals surface area contributed by atoms with E-state index in [0.717, 1.165) is 12.1 Å². The van der Waals surface area contributed by atoms with Gasteiger partial charge >= 0.3 is 12.2 Å². The standard InChI is InChI=1S/C14H18F3N3O/c15-14(16,17)9-2-1-3-12(8-9)19-10-4-6-11(7-5-10)20-13(18)21/h4-7,9,12,19H,1-3,8H2,(H3,18,20,21). The Hall–Kier alpha value is -1.92. The Morgan fingerprint density at radius 3 is 2.33 bits per heavy atom. The molecule has 2 atom stereocenters. The number of rotatable bonds is 3. The number of halogens is 3. The molecule has 1 aromatic rings. The molecule has 1 aliphatic rings. The first kappa shape index (κ1) is 15.5. The van der Waals surface area contributed by atoms with Gasteiger partial charge in [0.25, 0.3) is 0 Å². The monoisotopic (exact) mass is 301 g/mol. The topological polar surface area (TPSA) is 67.2 Å². The SMILES string of the molecule is NC(=O)Nc1ccc(NC2CCCC(C(F)(F)F)C2)cc1. The number of alkyl halides is 3. The maximum Gasteiger partial charge on any atom is 0.391 e. The van der Waals surface area contributed by atoms with Crippen LogP contribution >= 0.6 is 0 Å². The van der Waals surface area contributed by atoms with Crippen molar-refractivity contribution in [2.24, 2.45) is 11.7 Å². The van der Waals surface area contributed by atoms with Crippen LogP contribution in [-0.2, 0) is 0 Å². The first-order valence-corrected chi connectivity index (χ1v) is 6.84. The van der Waals surface area contributed by atoms with Crippen LogP contribution in [-0.4, -0.2) is 18.2 Å². The summed E-state index contributed by atoms with van der Waals surface area (Å²) < 4.78 is 38.2. The zero-order valence-electron chi connectivity index (χ0n) is 11.4. The van der Waals surface area contributed by atoms with Gasteiger partial charge in [0.05, 0.1) is 5.92 Å². The van der Waals surface area contributed by atoms with Crippen LogP contribution in [0.3, 0.4) is 0 Å². The maximum atomic E-state index is 12.7. The van der Waals surface area contributed by atoms with Gasteiger partial charge < -0.3 is 16.4 Å². The summed E-state index contributed by atoms with van der Waals surface area (Å²) in [6.45, 7) is 0. The fourth-order valence-electron chi connectivity index (χ4n) is 2.65. The molecule has 0 heterocycles. The number of benzene rings is 1. The highest BCUT2D eigenvalue weighted by Gasteiger charge is 2.42. The fourth-order valence-corrected chi connectivity index (χ4v) is 2.65. The van der Waals surface area contributed by atoms with Crippen molar-refractivity contribution >= 4 is 17.4 Å². The van der Waals surface area contributed by atoms with Crippen LogP contribution in [0.2, 0.25) is 0 Å². The minimum Gasteiger partial charge on any atom is -0.382 e. The molecule has 0 radical (unpaired) electrons. The zero-order valence-corrected chi connectivity index (χ0v) is 11.4. The number of nitrogens with two attached hydrogens (primary N) is 1. The van der Waals surface area contributed by atoms with Crippen LogP contribution in [0, 0.1) is 5.92 Å². The average Bonchev–Trinajstić information content (AvgIpc) is 2.40. The Balaban J connectivity index is 1.93. The number of anilines is 2. The van der Waals surface area contributed by atoms with E-state index in [4.69, 9.17) is 5.73 Å². The van der Waals surface area contributed by atoms with Gasteiger partial charge in [-0.15, -0.1) is 0 Å². The normalized spacial score (nSPS) is 22.6.